The third-order valence-corrected chi connectivity index (χ3v) is 4.02. The fourth-order valence-corrected chi connectivity index (χ4v) is 2.79. The number of hydrogen-bond acceptors (Lipinski definition) is 3. The maximum atomic E-state index is 10.9. The first-order valence-electron chi connectivity index (χ1n) is 6.33. The Kier molecular flexibility index (Phi) is 3.53. The zero-order valence-electron chi connectivity index (χ0n) is 11.3. The molecule has 3 aromatic rings. The van der Waals surface area contributed by atoms with Crippen LogP contribution in [-0.2, 0) is 0 Å². The second-order valence-corrected chi connectivity index (χ2v) is 5.64. The highest BCUT2D eigenvalue weighted by Gasteiger charge is 2.13. The van der Waals surface area contributed by atoms with Gasteiger partial charge in [-0.15, -0.1) is 0 Å². The van der Waals surface area contributed by atoms with Gasteiger partial charge in [-0.05, 0) is 30.3 Å². The second-order valence-electron chi connectivity index (χ2n) is 4.50. The zero-order valence-corrected chi connectivity index (χ0v) is 12.1. The van der Waals surface area contributed by atoms with Crippen molar-refractivity contribution in [3.63, 3.8) is 0 Å². The molecule has 0 fully saturated rings. The molecule has 0 saturated carbocycles. The summed E-state index contributed by atoms with van der Waals surface area (Å²) < 4.78 is 0. The molecule has 0 aliphatic carbocycles. The molecule has 0 radical (unpaired) electrons. The Morgan fingerprint density at radius 2 is 1.95 bits per heavy atom. The smallest absolute Gasteiger partial charge is 0.413 e. The lowest BCUT2D eigenvalue weighted by Gasteiger charge is -2.07. The number of fused-ring (bicyclic) bond motifs is 1. The lowest BCUT2D eigenvalue weighted by molar-refractivity contribution is 0.203. The molecule has 0 aliphatic heterocycles. The lowest BCUT2D eigenvalue weighted by atomic mass is 10.3. The Hall–Kier alpha value is -2.47. The summed E-state index contributed by atoms with van der Waals surface area (Å²) in [4.78, 5) is 21.5. The Morgan fingerprint density at radius 1 is 1.19 bits per heavy atom. The molecule has 0 bridgehead atoms. The van der Waals surface area contributed by atoms with Crippen molar-refractivity contribution < 1.29 is 9.90 Å². The molecule has 21 heavy (non-hydrogen) atoms. The number of carboxylic acid groups (broad SMARTS) is 1. The molecule has 1 amide bonds. The monoisotopic (exact) mass is 299 g/mol. The van der Waals surface area contributed by atoms with Crippen LogP contribution in [0.3, 0.4) is 0 Å². The highest BCUT2D eigenvalue weighted by atomic mass is 32.2. The number of amides is 1. The number of H-pyrrole nitrogens is 1. The number of imidazole rings is 1. The van der Waals surface area contributed by atoms with E-state index in [0.29, 0.717) is 5.95 Å². The minimum atomic E-state index is -1.05. The molecule has 2 aromatic carbocycles. The fraction of sp³-hybridized carbons (Fsp3) is 0.0667. The first-order valence-corrected chi connectivity index (χ1v) is 7.14. The largest absolute Gasteiger partial charge is 0.465 e. The zero-order chi connectivity index (χ0) is 14.8. The van der Waals surface area contributed by atoms with Gasteiger partial charge in [-0.2, -0.15) is 0 Å². The van der Waals surface area contributed by atoms with Gasteiger partial charge in [0.25, 0.3) is 0 Å². The molecule has 6 heteroatoms. The average molecular weight is 299 g/mol. The van der Waals surface area contributed by atoms with Crippen LogP contribution in [0.5, 0.6) is 0 Å². The molecule has 0 atom stereocenters. The van der Waals surface area contributed by atoms with Crippen molar-refractivity contribution >= 4 is 34.8 Å². The summed E-state index contributed by atoms with van der Waals surface area (Å²) in [5.74, 6) is 0.319. The van der Waals surface area contributed by atoms with Crippen LogP contribution in [0.4, 0.5) is 10.7 Å². The first kappa shape index (κ1) is 13.5. The van der Waals surface area contributed by atoms with Gasteiger partial charge in [0.15, 0.2) is 0 Å². The van der Waals surface area contributed by atoms with Crippen LogP contribution in [0.2, 0.25) is 0 Å². The van der Waals surface area contributed by atoms with E-state index in [1.807, 2.05) is 48.5 Å². The molecule has 5 nitrogen and oxygen atoms in total. The predicted octanol–water partition coefficient (Wildman–Crippen LogP) is 3.83. The minimum absolute atomic E-state index is 0.319. The third-order valence-electron chi connectivity index (χ3n) is 3.02. The quantitative estimate of drug-likeness (QED) is 0.771. The highest BCUT2D eigenvalue weighted by molar-refractivity contribution is 7.99. The van der Waals surface area contributed by atoms with Gasteiger partial charge in [0.05, 0.1) is 11.0 Å². The van der Waals surface area contributed by atoms with Gasteiger partial charge >= 0.3 is 6.09 Å². The van der Waals surface area contributed by atoms with E-state index in [2.05, 4.69) is 9.97 Å². The summed E-state index contributed by atoms with van der Waals surface area (Å²) in [6, 6.07) is 15.9. The van der Waals surface area contributed by atoms with E-state index in [9.17, 15) is 4.79 Å². The maximum Gasteiger partial charge on any atom is 0.413 e. The number of nitrogens with one attached hydrogen (secondary N) is 1. The van der Waals surface area contributed by atoms with Gasteiger partial charge in [-0.1, -0.05) is 30.0 Å². The Bertz CT molecular complexity index is 786. The number of benzene rings is 2. The van der Waals surface area contributed by atoms with Crippen LogP contribution >= 0.6 is 11.8 Å². The topological polar surface area (TPSA) is 69.2 Å². The standard InChI is InChI=1S/C15H13N3O2S/c1-18(15(19)20)14-16-12-8-7-11(9-13(12)17-14)21-10-5-3-2-4-6-10/h2-9H,1H3,(H,16,17)(H,19,20). The second kappa shape index (κ2) is 5.49. The number of nitrogens with zero attached hydrogens (tertiary/aromatic N) is 2. The van der Waals surface area contributed by atoms with Crippen LogP contribution in [0.1, 0.15) is 0 Å². The van der Waals surface area contributed by atoms with E-state index in [4.69, 9.17) is 5.11 Å². The van der Waals surface area contributed by atoms with Crippen molar-refractivity contribution in [1.82, 2.24) is 9.97 Å². The number of rotatable bonds is 3. The Balaban J connectivity index is 1.91. The van der Waals surface area contributed by atoms with Crippen molar-refractivity contribution in [1.29, 1.82) is 0 Å². The third kappa shape index (κ3) is 2.85. The molecule has 2 N–H and O–H groups in total. The summed E-state index contributed by atoms with van der Waals surface area (Å²) in [5.41, 5.74) is 1.56. The maximum absolute atomic E-state index is 10.9. The van der Waals surface area contributed by atoms with Crippen molar-refractivity contribution in [2.75, 3.05) is 11.9 Å². The van der Waals surface area contributed by atoms with E-state index in [1.165, 1.54) is 7.05 Å². The average Bonchev–Trinajstić information content (AvgIpc) is 2.90. The highest BCUT2D eigenvalue weighted by Crippen LogP contribution is 2.29. The molecular formula is C15H13N3O2S. The first-order chi connectivity index (χ1) is 10.1. The fourth-order valence-electron chi connectivity index (χ4n) is 1.91. The number of anilines is 1. The molecule has 1 heterocycles. The molecule has 0 aliphatic rings. The number of aromatic nitrogens is 2. The van der Waals surface area contributed by atoms with Gasteiger partial charge in [0.1, 0.15) is 0 Å². The van der Waals surface area contributed by atoms with Crippen molar-refractivity contribution in [2.45, 2.75) is 9.79 Å². The molecule has 0 saturated heterocycles. The summed E-state index contributed by atoms with van der Waals surface area (Å²) in [6.07, 6.45) is -1.05. The molecule has 0 spiro atoms. The molecule has 106 valence electrons. The molecule has 0 unspecified atom stereocenters. The van der Waals surface area contributed by atoms with Crippen molar-refractivity contribution in [3.05, 3.63) is 48.5 Å². The lowest BCUT2D eigenvalue weighted by Crippen LogP contribution is -2.24. The SMILES string of the molecule is CN(C(=O)O)c1nc2ccc(Sc3ccccc3)cc2[nH]1. The normalized spacial score (nSPS) is 10.7. The van der Waals surface area contributed by atoms with Gasteiger partial charge in [0, 0.05) is 16.8 Å². The van der Waals surface area contributed by atoms with Gasteiger partial charge in [-0.3, -0.25) is 4.90 Å². The number of carbonyl (C=O) groups is 1. The summed E-state index contributed by atoms with van der Waals surface area (Å²) >= 11 is 1.65. The predicted molar refractivity (Wildman–Crippen MR) is 83.1 cm³/mol. The van der Waals surface area contributed by atoms with E-state index < -0.39 is 6.09 Å². The van der Waals surface area contributed by atoms with Crippen LogP contribution in [0, 0.1) is 0 Å². The van der Waals surface area contributed by atoms with E-state index in [1.54, 1.807) is 11.8 Å². The van der Waals surface area contributed by atoms with Crippen molar-refractivity contribution in [2.24, 2.45) is 0 Å². The minimum Gasteiger partial charge on any atom is -0.465 e. The van der Waals surface area contributed by atoms with E-state index >= 15 is 0 Å². The van der Waals surface area contributed by atoms with Gasteiger partial charge in [-0.25, -0.2) is 9.78 Å². The van der Waals surface area contributed by atoms with E-state index in [0.717, 1.165) is 25.7 Å². The van der Waals surface area contributed by atoms with Crippen LogP contribution in [-0.4, -0.2) is 28.2 Å². The van der Waals surface area contributed by atoms with Crippen LogP contribution in [0.25, 0.3) is 11.0 Å². The summed E-state index contributed by atoms with van der Waals surface area (Å²) in [5, 5.41) is 8.97. The molecular weight excluding hydrogens is 286 g/mol. The van der Waals surface area contributed by atoms with Crippen LogP contribution < -0.4 is 4.90 Å². The summed E-state index contributed by atoms with van der Waals surface area (Å²) in [7, 11) is 1.46. The van der Waals surface area contributed by atoms with Gasteiger partial charge in [0.2, 0.25) is 5.95 Å². The molecule has 1 aromatic heterocycles. The van der Waals surface area contributed by atoms with Gasteiger partial charge < -0.3 is 10.1 Å². The van der Waals surface area contributed by atoms with Crippen LogP contribution in [0.15, 0.2) is 58.3 Å². The molecule has 3 rings (SSSR count). The number of hydrogen-bond donors (Lipinski definition) is 2. The Labute approximate surface area is 125 Å². The van der Waals surface area contributed by atoms with E-state index in [-0.39, 0.29) is 0 Å². The summed E-state index contributed by atoms with van der Waals surface area (Å²) in [6.45, 7) is 0. The Morgan fingerprint density at radius 3 is 2.67 bits per heavy atom. The van der Waals surface area contributed by atoms with Crippen molar-refractivity contribution in [3.8, 4) is 0 Å². The number of aromatic amines is 1.